The van der Waals surface area contributed by atoms with E-state index in [-0.39, 0.29) is 5.91 Å². The number of likely N-dealkylation sites (N-methyl/N-ethyl adjacent to an activating group) is 1. The molecule has 1 saturated carbocycles. The quantitative estimate of drug-likeness (QED) is 0.427. The van der Waals surface area contributed by atoms with Crippen molar-refractivity contribution in [2.24, 2.45) is 11.8 Å². The molecule has 1 aliphatic carbocycles. The maximum atomic E-state index is 11.8. The molecule has 1 amide bonds. The van der Waals surface area contributed by atoms with Crippen LogP contribution in [0, 0.1) is 25.7 Å². The number of hydrogen-bond acceptors (Lipinski definition) is 4. The molecule has 6 rings (SSSR count). The van der Waals surface area contributed by atoms with E-state index in [0.717, 1.165) is 18.7 Å². The van der Waals surface area contributed by atoms with Gasteiger partial charge in [0.1, 0.15) is 6.33 Å². The zero-order chi connectivity index (χ0) is 25.1. The summed E-state index contributed by atoms with van der Waals surface area (Å²) in [5.74, 6) is 2.50. The number of nitrogens with zero attached hydrogens (tertiary/aromatic N) is 4. The molecule has 0 spiro atoms. The van der Waals surface area contributed by atoms with Gasteiger partial charge in [0.2, 0.25) is 5.91 Å². The van der Waals surface area contributed by atoms with Gasteiger partial charge in [0, 0.05) is 42.8 Å². The van der Waals surface area contributed by atoms with Gasteiger partial charge in [0.15, 0.2) is 5.65 Å². The Morgan fingerprint density at radius 2 is 1.92 bits per heavy atom. The molecule has 2 fully saturated rings. The van der Waals surface area contributed by atoms with Crippen LogP contribution in [0.4, 0.5) is 0 Å². The lowest BCUT2D eigenvalue weighted by Crippen LogP contribution is -2.34. The minimum Gasteiger partial charge on any atom is -0.358 e. The fraction of sp³-hybridized carbons (Fsp3) is 0.483. The van der Waals surface area contributed by atoms with Crippen LogP contribution in [-0.2, 0) is 4.79 Å². The Bertz CT molecular complexity index is 1450. The molecule has 188 valence electrons. The van der Waals surface area contributed by atoms with Crippen molar-refractivity contribution < 1.29 is 4.79 Å². The number of amides is 1. The number of aryl methyl sites for hydroxylation is 1. The van der Waals surface area contributed by atoms with Gasteiger partial charge in [-0.05, 0) is 84.7 Å². The minimum atomic E-state index is 0.120. The van der Waals surface area contributed by atoms with Crippen molar-refractivity contribution in [2.45, 2.75) is 52.4 Å². The van der Waals surface area contributed by atoms with E-state index < -0.39 is 0 Å². The van der Waals surface area contributed by atoms with Gasteiger partial charge in [-0.2, -0.15) is 5.10 Å². The molecule has 7 heteroatoms. The van der Waals surface area contributed by atoms with E-state index in [4.69, 9.17) is 0 Å². The Kier molecular flexibility index (Phi) is 5.63. The lowest BCUT2D eigenvalue weighted by atomic mass is 9.90. The zero-order valence-corrected chi connectivity index (χ0v) is 21.9. The van der Waals surface area contributed by atoms with Gasteiger partial charge in [0.05, 0.1) is 12.2 Å². The molecule has 0 radical (unpaired) electrons. The summed E-state index contributed by atoms with van der Waals surface area (Å²) in [4.78, 5) is 22.4. The Hall–Kier alpha value is -3.19. The Morgan fingerprint density at radius 1 is 1.17 bits per heavy atom. The van der Waals surface area contributed by atoms with Gasteiger partial charge in [-0.25, -0.2) is 9.50 Å². The van der Waals surface area contributed by atoms with Crippen molar-refractivity contribution >= 4 is 22.5 Å². The van der Waals surface area contributed by atoms with Gasteiger partial charge < -0.3 is 10.3 Å². The number of H-pyrrole nitrogens is 1. The number of aromatic amines is 1. The lowest BCUT2D eigenvalue weighted by molar-refractivity contribution is -0.121. The Morgan fingerprint density at radius 3 is 2.61 bits per heavy atom. The molecule has 4 heterocycles. The van der Waals surface area contributed by atoms with Crippen LogP contribution < -0.4 is 5.32 Å². The van der Waals surface area contributed by atoms with E-state index in [1.807, 2.05) is 4.52 Å². The predicted molar refractivity (Wildman–Crippen MR) is 143 cm³/mol. The molecule has 2 atom stereocenters. The first-order valence-corrected chi connectivity index (χ1v) is 13.2. The fourth-order valence-corrected chi connectivity index (χ4v) is 6.83. The summed E-state index contributed by atoms with van der Waals surface area (Å²) >= 11 is 0. The highest BCUT2D eigenvalue weighted by molar-refractivity contribution is 5.92. The minimum absolute atomic E-state index is 0.120. The predicted octanol–water partition coefficient (Wildman–Crippen LogP) is 4.79. The van der Waals surface area contributed by atoms with E-state index in [9.17, 15) is 4.79 Å². The van der Waals surface area contributed by atoms with Gasteiger partial charge >= 0.3 is 0 Å². The van der Waals surface area contributed by atoms with Crippen LogP contribution in [0.1, 0.15) is 60.8 Å². The second-order valence-corrected chi connectivity index (χ2v) is 11.3. The molecule has 2 unspecified atom stereocenters. The summed E-state index contributed by atoms with van der Waals surface area (Å²) in [5.41, 5.74) is 9.76. The van der Waals surface area contributed by atoms with Crippen LogP contribution in [0.3, 0.4) is 0 Å². The number of hydrogen-bond donors (Lipinski definition) is 2. The maximum Gasteiger partial charge on any atom is 0.233 e. The molecule has 3 aromatic heterocycles. The number of fused-ring (bicyclic) bond motifs is 3. The van der Waals surface area contributed by atoms with E-state index in [0.29, 0.717) is 30.2 Å². The Balaban J connectivity index is 1.33. The second kappa shape index (κ2) is 8.73. The van der Waals surface area contributed by atoms with Gasteiger partial charge in [0.25, 0.3) is 0 Å². The summed E-state index contributed by atoms with van der Waals surface area (Å²) in [5, 5.41) is 8.52. The van der Waals surface area contributed by atoms with Crippen molar-refractivity contribution in [3.8, 4) is 11.3 Å². The number of carbonyl (C=O) groups is 1. The molecular formula is C29H36N6O. The van der Waals surface area contributed by atoms with E-state index in [2.05, 4.69) is 77.4 Å². The standard InChI is InChI=1S/C29H36N6O/c1-16(2)27-23-10-19(20-8-21-11-34(12-22(21)9-20)14-26(36)30-5)6-7-25(23)33-28(27)24-13-35-29(31-15-32-35)18(4)17(24)3/h6-7,10,13,15-16,20-22,33H,8-9,11-12,14H2,1-5H3,(H,30,36). The molecule has 1 saturated heterocycles. The second-order valence-electron chi connectivity index (χ2n) is 11.3. The van der Waals surface area contributed by atoms with Crippen LogP contribution in [0.5, 0.6) is 0 Å². The largest absolute Gasteiger partial charge is 0.358 e. The van der Waals surface area contributed by atoms with E-state index in [1.54, 1.807) is 13.4 Å². The highest BCUT2D eigenvalue weighted by Crippen LogP contribution is 2.47. The smallest absolute Gasteiger partial charge is 0.233 e. The SMILES string of the molecule is CNC(=O)CN1CC2CC(c3ccc4[nH]c(-c5cn6ncnc6c(C)c5C)c(C(C)C)c4c3)CC2C1. The summed E-state index contributed by atoms with van der Waals surface area (Å²) in [6.45, 7) is 11.5. The van der Waals surface area contributed by atoms with Crippen LogP contribution >= 0.6 is 0 Å². The van der Waals surface area contributed by atoms with Crippen LogP contribution in [-0.4, -0.2) is 57.1 Å². The normalized spacial score (nSPS) is 22.2. The number of aromatic nitrogens is 4. The molecule has 1 aromatic carbocycles. The average Bonchev–Trinajstić information content (AvgIpc) is 3.62. The summed E-state index contributed by atoms with van der Waals surface area (Å²) < 4.78 is 1.89. The maximum absolute atomic E-state index is 11.8. The lowest BCUT2D eigenvalue weighted by Gasteiger charge is -2.18. The first-order chi connectivity index (χ1) is 17.3. The molecule has 7 nitrogen and oxygen atoms in total. The van der Waals surface area contributed by atoms with Gasteiger partial charge in [-0.15, -0.1) is 0 Å². The number of likely N-dealkylation sites (tertiary alicyclic amines) is 1. The van der Waals surface area contributed by atoms with Gasteiger partial charge in [-0.3, -0.25) is 9.69 Å². The zero-order valence-electron chi connectivity index (χ0n) is 21.9. The Labute approximate surface area is 212 Å². The van der Waals surface area contributed by atoms with E-state index in [1.165, 1.54) is 57.3 Å². The topological polar surface area (TPSA) is 78.3 Å². The third kappa shape index (κ3) is 3.72. The average molecular weight is 485 g/mol. The molecule has 2 aliphatic rings. The fourth-order valence-electron chi connectivity index (χ4n) is 6.83. The number of nitrogens with one attached hydrogen (secondary N) is 2. The molecule has 0 bridgehead atoms. The van der Waals surface area contributed by atoms with Crippen LogP contribution in [0.25, 0.3) is 27.8 Å². The number of carbonyl (C=O) groups excluding carboxylic acids is 1. The highest BCUT2D eigenvalue weighted by atomic mass is 16.1. The van der Waals surface area contributed by atoms with Crippen molar-refractivity contribution in [1.29, 1.82) is 0 Å². The molecule has 4 aromatic rings. The summed E-state index contributed by atoms with van der Waals surface area (Å²) in [6, 6.07) is 7.07. The number of benzene rings is 1. The number of rotatable bonds is 5. The molecule has 36 heavy (non-hydrogen) atoms. The highest BCUT2D eigenvalue weighted by Gasteiger charge is 2.41. The molecule has 1 aliphatic heterocycles. The summed E-state index contributed by atoms with van der Waals surface area (Å²) in [7, 11) is 1.72. The van der Waals surface area contributed by atoms with Crippen molar-refractivity contribution in [3.05, 3.63) is 53.0 Å². The van der Waals surface area contributed by atoms with Crippen LogP contribution in [0.15, 0.2) is 30.7 Å². The number of pyridine rings is 1. The summed E-state index contributed by atoms with van der Waals surface area (Å²) in [6.07, 6.45) is 6.18. The van der Waals surface area contributed by atoms with Crippen molar-refractivity contribution in [1.82, 2.24) is 29.8 Å². The van der Waals surface area contributed by atoms with Crippen molar-refractivity contribution in [3.63, 3.8) is 0 Å². The monoisotopic (exact) mass is 484 g/mol. The van der Waals surface area contributed by atoms with E-state index >= 15 is 0 Å². The van der Waals surface area contributed by atoms with Crippen LogP contribution in [0.2, 0.25) is 0 Å². The first-order valence-electron chi connectivity index (χ1n) is 13.2. The third-order valence-electron chi connectivity index (χ3n) is 8.78. The van der Waals surface area contributed by atoms with Crippen molar-refractivity contribution in [2.75, 3.05) is 26.7 Å². The third-order valence-corrected chi connectivity index (χ3v) is 8.78. The van der Waals surface area contributed by atoms with Gasteiger partial charge in [-0.1, -0.05) is 19.9 Å². The molecule has 2 N–H and O–H groups in total. The first kappa shape index (κ1) is 23.2. The molecular weight excluding hydrogens is 448 g/mol.